The molecule has 3 heterocycles. The van der Waals surface area contributed by atoms with Crippen LogP contribution in [0.5, 0.6) is 0 Å². The normalized spacial score (nSPS) is 20.4. The van der Waals surface area contributed by atoms with Crippen LogP contribution in [0.25, 0.3) is 0 Å². The fourth-order valence-corrected chi connectivity index (χ4v) is 4.62. The summed E-state index contributed by atoms with van der Waals surface area (Å²) in [4.78, 5) is 20.0. The third kappa shape index (κ3) is 6.40. The fraction of sp³-hybridized carbons (Fsp3) is 0.542. The van der Waals surface area contributed by atoms with Gasteiger partial charge in [0.1, 0.15) is 17.7 Å². The average Bonchev–Trinajstić information content (AvgIpc) is 2.77. The molecule has 0 saturated heterocycles. The van der Waals surface area contributed by atoms with Crippen LogP contribution in [0.1, 0.15) is 48.9 Å². The van der Waals surface area contributed by atoms with Crippen molar-refractivity contribution in [2.24, 2.45) is 5.92 Å². The van der Waals surface area contributed by atoms with Gasteiger partial charge in [0.2, 0.25) is 0 Å². The highest BCUT2D eigenvalue weighted by Crippen LogP contribution is 2.34. The molecule has 9 heteroatoms. The van der Waals surface area contributed by atoms with E-state index in [1.807, 2.05) is 0 Å². The van der Waals surface area contributed by atoms with E-state index in [4.69, 9.17) is 21.3 Å². The van der Waals surface area contributed by atoms with Crippen molar-refractivity contribution in [2.45, 2.75) is 63.6 Å². The minimum atomic E-state index is -0.997. The van der Waals surface area contributed by atoms with Crippen molar-refractivity contribution >= 4 is 23.4 Å². The van der Waals surface area contributed by atoms with E-state index in [2.05, 4.69) is 27.8 Å². The number of hydrogen-bond acceptors (Lipinski definition) is 6. The minimum absolute atomic E-state index is 0.0158. The molecule has 7 nitrogen and oxygen atoms in total. The number of hydrogen-bond donors (Lipinski definition) is 3. The maximum Gasteiger partial charge on any atom is 0.320 e. The predicted molar refractivity (Wildman–Crippen MR) is 124 cm³/mol. The van der Waals surface area contributed by atoms with E-state index < -0.39 is 17.8 Å². The molecule has 0 unspecified atom stereocenters. The second-order valence-corrected chi connectivity index (χ2v) is 9.26. The zero-order valence-corrected chi connectivity index (χ0v) is 19.3. The molecule has 178 valence electrons. The molecule has 1 saturated carbocycles. The van der Waals surface area contributed by atoms with Crippen molar-refractivity contribution in [3.8, 4) is 0 Å². The molecule has 0 aromatic carbocycles. The van der Waals surface area contributed by atoms with Crippen molar-refractivity contribution in [1.29, 1.82) is 0 Å². The quantitative estimate of drug-likeness (QED) is 0.451. The number of aromatic nitrogens is 2. The van der Waals surface area contributed by atoms with E-state index in [1.54, 1.807) is 0 Å². The number of carboxylic acid groups (broad SMARTS) is 1. The van der Waals surface area contributed by atoms with Gasteiger partial charge in [-0.2, -0.15) is 0 Å². The van der Waals surface area contributed by atoms with Crippen LogP contribution in [0, 0.1) is 11.7 Å². The Labute approximate surface area is 198 Å². The van der Waals surface area contributed by atoms with Crippen LogP contribution >= 0.6 is 11.6 Å². The number of anilines is 1. The van der Waals surface area contributed by atoms with E-state index in [0.29, 0.717) is 18.9 Å². The molecule has 4 rings (SSSR count). The Balaban J connectivity index is 1.14. The van der Waals surface area contributed by atoms with Crippen LogP contribution in [0.2, 0.25) is 5.02 Å². The Kier molecular flexibility index (Phi) is 8.11. The SMILES string of the molecule is O=C(O)[C@H](CCO[C@H]1C[C@@H](CCc2ccc3c(n2)NCCC3)C1)NCc1c(F)cncc1Cl. The van der Waals surface area contributed by atoms with Crippen LogP contribution in [0.4, 0.5) is 10.2 Å². The van der Waals surface area contributed by atoms with Gasteiger partial charge in [0.15, 0.2) is 0 Å². The molecule has 33 heavy (non-hydrogen) atoms. The topological polar surface area (TPSA) is 96.4 Å². The summed E-state index contributed by atoms with van der Waals surface area (Å²) in [5.74, 6) is 0.107. The molecular formula is C24H30ClFN4O3. The highest BCUT2D eigenvalue weighted by atomic mass is 35.5. The maximum absolute atomic E-state index is 13.8. The number of aryl methyl sites for hydroxylation is 2. The fourth-order valence-electron chi connectivity index (χ4n) is 4.40. The van der Waals surface area contributed by atoms with E-state index in [-0.39, 0.29) is 23.2 Å². The third-order valence-corrected chi connectivity index (χ3v) is 6.81. The third-order valence-electron chi connectivity index (χ3n) is 6.49. The number of fused-ring (bicyclic) bond motifs is 1. The molecule has 0 spiro atoms. The summed E-state index contributed by atoms with van der Waals surface area (Å²) in [6.07, 6.45) is 9.18. The molecule has 1 atom stereocenters. The van der Waals surface area contributed by atoms with E-state index in [0.717, 1.165) is 56.4 Å². The van der Waals surface area contributed by atoms with Crippen LogP contribution in [0.15, 0.2) is 24.5 Å². The standard InChI is InChI=1S/C24H30ClFN4O3/c25-20-13-27-14-21(26)19(20)12-29-22(24(31)32)7-9-33-18-10-15(11-18)3-5-17-6-4-16-2-1-8-28-23(16)30-17/h4,6,13-15,18,22,29H,1-3,5,7-12H2,(H,28,30)(H,31,32)/t15-,18+,22-/m0/s1. The molecular weight excluding hydrogens is 447 g/mol. The van der Waals surface area contributed by atoms with Gasteiger partial charge in [-0.05, 0) is 62.5 Å². The van der Waals surface area contributed by atoms with Gasteiger partial charge in [-0.25, -0.2) is 9.37 Å². The smallest absolute Gasteiger partial charge is 0.320 e. The highest BCUT2D eigenvalue weighted by molar-refractivity contribution is 6.31. The molecule has 2 aromatic rings. The number of rotatable bonds is 11. The summed E-state index contributed by atoms with van der Waals surface area (Å²) >= 11 is 5.95. The number of halogens is 2. The minimum Gasteiger partial charge on any atom is -0.480 e. The zero-order chi connectivity index (χ0) is 23.2. The van der Waals surface area contributed by atoms with E-state index >= 15 is 0 Å². The van der Waals surface area contributed by atoms with Crippen molar-refractivity contribution in [3.63, 3.8) is 0 Å². The van der Waals surface area contributed by atoms with Crippen LogP contribution in [0.3, 0.4) is 0 Å². The summed E-state index contributed by atoms with van der Waals surface area (Å²) in [5.41, 5.74) is 2.66. The van der Waals surface area contributed by atoms with Gasteiger partial charge < -0.3 is 20.5 Å². The zero-order valence-electron chi connectivity index (χ0n) is 18.5. The Morgan fingerprint density at radius 3 is 3.00 bits per heavy atom. The number of carbonyl (C=O) groups is 1. The first-order chi connectivity index (χ1) is 16.0. The molecule has 2 aromatic heterocycles. The van der Waals surface area contributed by atoms with Crippen molar-refractivity contribution in [3.05, 3.63) is 52.2 Å². The molecule has 1 aliphatic heterocycles. The summed E-state index contributed by atoms with van der Waals surface area (Å²) < 4.78 is 19.7. The lowest BCUT2D eigenvalue weighted by atomic mass is 9.79. The highest BCUT2D eigenvalue weighted by Gasteiger charge is 2.30. The lowest BCUT2D eigenvalue weighted by molar-refractivity contribution is -0.140. The summed E-state index contributed by atoms with van der Waals surface area (Å²) in [6, 6.07) is 3.50. The number of nitrogens with zero attached hydrogens (tertiary/aromatic N) is 2. The number of nitrogens with one attached hydrogen (secondary N) is 2. The maximum atomic E-state index is 13.8. The molecule has 0 amide bonds. The van der Waals surface area contributed by atoms with Gasteiger partial charge in [-0.1, -0.05) is 17.7 Å². The Hall–Kier alpha value is -2.29. The number of ether oxygens (including phenoxy) is 1. The van der Waals surface area contributed by atoms with Gasteiger partial charge in [0.25, 0.3) is 0 Å². The molecule has 1 aliphatic carbocycles. The number of pyridine rings is 2. The summed E-state index contributed by atoms with van der Waals surface area (Å²) in [6.45, 7) is 1.35. The predicted octanol–water partition coefficient (Wildman–Crippen LogP) is 3.99. The first kappa shape index (κ1) is 23.9. The first-order valence-electron chi connectivity index (χ1n) is 11.6. The summed E-state index contributed by atoms with van der Waals surface area (Å²) in [7, 11) is 0. The molecule has 0 bridgehead atoms. The van der Waals surface area contributed by atoms with Gasteiger partial charge in [-0.15, -0.1) is 0 Å². The second kappa shape index (κ2) is 11.2. The average molecular weight is 477 g/mol. The lowest BCUT2D eigenvalue weighted by Crippen LogP contribution is -2.39. The van der Waals surface area contributed by atoms with Gasteiger partial charge >= 0.3 is 5.97 Å². The van der Waals surface area contributed by atoms with Gasteiger partial charge in [0, 0.05) is 37.2 Å². The van der Waals surface area contributed by atoms with Crippen LogP contribution < -0.4 is 10.6 Å². The van der Waals surface area contributed by atoms with Crippen molar-refractivity contribution in [2.75, 3.05) is 18.5 Å². The molecule has 2 aliphatic rings. The Bertz CT molecular complexity index is 950. The molecule has 1 fully saturated rings. The monoisotopic (exact) mass is 476 g/mol. The van der Waals surface area contributed by atoms with E-state index in [9.17, 15) is 14.3 Å². The summed E-state index contributed by atoms with van der Waals surface area (Å²) in [5, 5.41) is 15.9. The largest absolute Gasteiger partial charge is 0.480 e. The number of aliphatic carboxylic acids is 1. The lowest BCUT2D eigenvalue weighted by Gasteiger charge is -2.35. The van der Waals surface area contributed by atoms with Gasteiger partial charge in [-0.3, -0.25) is 9.78 Å². The van der Waals surface area contributed by atoms with Crippen LogP contribution in [-0.2, 0) is 28.9 Å². The van der Waals surface area contributed by atoms with E-state index in [1.165, 1.54) is 18.2 Å². The second-order valence-electron chi connectivity index (χ2n) is 8.85. The Morgan fingerprint density at radius 1 is 1.36 bits per heavy atom. The van der Waals surface area contributed by atoms with Gasteiger partial charge in [0.05, 0.1) is 17.3 Å². The van der Waals surface area contributed by atoms with Crippen molar-refractivity contribution < 1.29 is 19.0 Å². The molecule has 0 radical (unpaired) electrons. The first-order valence-corrected chi connectivity index (χ1v) is 12.0. The number of carboxylic acids is 1. The molecule has 3 N–H and O–H groups in total. The van der Waals surface area contributed by atoms with Crippen molar-refractivity contribution in [1.82, 2.24) is 15.3 Å². The Morgan fingerprint density at radius 2 is 2.21 bits per heavy atom. The van der Waals surface area contributed by atoms with Crippen LogP contribution in [-0.4, -0.2) is 46.3 Å².